The summed E-state index contributed by atoms with van der Waals surface area (Å²) in [7, 11) is 0. The average Bonchev–Trinajstić information content (AvgIpc) is 2.43. The zero-order chi connectivity index (χ0) is 13.7. The largest absolute Gasteiger partial charge is 0.508 e. The van der Waals surface area contributed by atoms with Crippen LogP contribution in [0, 0.1) is 0 Å². The quantitative estimate of drug-likeness (QED) is 0.883. The molecule has 0 aliphatic heterocycles. The van der Waals surface area contributed by atoms with Crippen molar-refractivity contribution in [3.63, 3.8) is 0 Å². The minimum atomic E-state index is -0.0446. The predicted molar refractivity (Wildman–Crippen MR) is 76.8 cm³/mol. The first-order valence-electron chi connectivity index (χ1n) is 6.07. The summed E-state index contributed by atoms with van der Waals surface area (Å²) in [4.78, 5) is 0. The average molecular weight is 278 g/mol. The Labute approximate surface area is 117 Å². The summed E-state index contributed by atoms with van der Waals surface area (Å²) in [5, 5.41) is 10.5. The van der Waals surface area contributed by atoms with E-state index in [9.17, 15) is 5.11 Å². The van der Waals surface area contributed by atoms with Crippen molar-refractivity contribution in [1.29, 1.82) is 0 Å². The summed E-state index contributed by atoms with van der Waals surface area (Å²) < 4.78 is 5.67. The maximum atomic E-state index is 9.82. The third-order valence-corrected chi connectivity index (χ3v) is 3.18. The van der Waals surface area contributed by atoms with Crippen LogP contribution < -0.4 is 10.5 Å². The third kappa shape index (κ3) is 3.63. The lowest BCUT2D eigenvalue weighted by atomic mass is 9.99. The molecular formula is C15H16ClNO2. The molecule has 0 heterocycles. The number of hydrogen-bond donors (Lipinski definition) is 2. The zero-order valence-electron chi connectivity index (χ0n) is 10.4. The van der Waals surface area contributed by atoms with E-state index in [1.807, 2.05) is 12.1 Å². The van der Waals surface area contributed by atoms with E-state index in [0.717, 1.165) is 11.3 Å². The summed E-state index contributed by atoms with van der Waals surface area (Å²) in [6.45, 7) is 0.820. The van der Waals surface area contributed by atoms with Gasteiger partial charge in [0.2, 0.25) is 0 Å². The van der Waals surface area contributed by atoms with Crippen LogP contribution in [0.25, 0.3) is 0 Å². The van der Waals surface area contributed by atoms with E-state index >= 15 is 0 Å². The molecule has 4 heteroatoms. The Hall–Kier alpha value is -1.71. The number of phenolic OH excluding ortho intramolecular Hbond substituents is 1. The van der Waals surface area contributed by atoms with Gasteiger partial charge in [0.25, 0.3) is 0 Å². The number of benzene rings is 2. The Morgan fingerprint density at radius 1 is 1.11 bits per heavy atom. The van der Waals surface area contributed by atoms with Crippen LogP contribution in [-0.2, 0) is 0 Å². The Bertz CT molecular complexity index is 528. The molecule has 0 spiro atoms. The smallest absolute Gasteiger partial charge is 0.119 e. The fourth-order valence-corrected chi connectivity index (χ4v) is 1.97. The highest BCUT2D eigenvalue weighted by molar-refractivity contribution is 6.30. The molecule has 2 rings (SSSR count). The van der Waals surface area contributed by atoms with E-state index in [0.29, 0.717) is 18.2 Å². The van der Waals surface area contributed by atoms with E-state index in [4.69, 9.17) is 22.1 Å². The standard InChI is InChI=1S/C15H16ClNO2/c16-12-5-7-13(8-6-12)19-10-11(9-17)14-3-1-2-4-15(14)18/h1-8,11,18H,9-10,17H2. The van der Waals surface area contributed by atoms with E-state index < -0.39 is 0 Å². The molecule has 19 heavy (non-hydrogen) atoms. The number of nitrogens with two attached hydrogens (primary N) is 1. The van der Waals surface area contributed by atoms with Gasteiger partial charge in [0, 0.05) is 23.0 Å². The second-order valence-electron chi connectivity index (χ2n) is 4.26. The Balaban J connectivity index is 2.04. The maximum absolute atomic E-state index is 9.82. The van der Waals surface area contributed by atoms with Gasteiger partial charge in [0.05, 0.1) is 6.61 Å². The van der Waals surface area contributed by atoms with Crippen molar-refractivity contribution < 1.29 is 9.84 Å². The predicted octanol–water partition coefficient (Wildman–Crippen LogP) is 3.17. The number of halogens is 1. The molecule has 0 bridgehead atoms. The molecule has 0 saturated heterocycles. The van der Waals surface area contributed by atoms with Gasteiger partial charge in [-0.1, -0.05) is 29.8 Å². The SMILES string of the molecule is NCC(COc1ccc(Cl)cc1)c1ccccc1O. The van der Waals surface area contributed by atoms with Crippen molar-refractivity contribution in [3.05, 3.63) is 59.1 Å². The number of hydrogen-bond acceptors (Lipinski definition) is 3. The van der Waals surface area contributed by atoms with E-state index in [1.54, 1.807) is 36.4 Å². The molecule has 0 saturated carbocycles. The molecule has 2 aromatic carbocycles. The lowest BCUT2D eigenvalue weighted by Crippen LogP contribution is -2.19. The van der Waals surface area contributed by atoms with Crippen LogP contribution in [-0.4, -0.2) is 18.3 Å². The lowest BCUT2D eigenvalue weighted by Gasteiger charge is -2.17. The number of para-hydroxylation sites is 1. The van der Waals surface area contributed by atoms with Gasteiger partial charge in [-0.25, -0.2) is 0 Å². The zero-order valence-corrected chi connectivity index (χ0v) is 11.2. The molecule has 0 radical (unpaired) electrons. The fourth-order valence-electron chi connectivity index (χ4n) is 1.85. The molecule has 3 nitrogen and oxygen atoms in total. The second-order valence-corrected chi connectivity index (χ2v) is 4.69. The van der Waals surface area contributed by atoms with Crippen LogP contribution in [0.3, 0.4) is 0 Å². The number of phenols is 1. The highest BCUT2D eigenvalue weighted by Gasteiger charge is 2.14. The highest BCUT2D eigenvalue weighted by atomic mass is 35.5. The Morgan fingerprint density at radius 3 is 2.42 bits per heavy atom. The number of ether oxygens (including phenoxy) is 1. The van der Waals surface area contributed by atoms with Crippen molar-refractivity contribution in [2.24, 2.45) is 5.73 Å². The monoisotopic (exact) mass is 277 g/mol. The van der Waals surface area contributed by atoms with E-state index in [-0.39, 0.29) is 11.7 Å². The van der Waals surface area contributed by atoms with Crippen molar-refractivity contribution in [3.8, 4) is 11.5 Å². The molecule has 3 N–H and O–H groups in total. The van der Waals surface area contributed by atoms with Crippen molar-refractivity contribution >= 4 is 11.6 Å². The van der Waals surface area contributed by atoms with Crippen LogP contribution in [0.1, 0.15) is 11.5 Å². The van der Waals surface area contributed by atoms with Crippen LogP contribution >= 0.6 is 11.6 Å². The first-order valence-corrected chi connectivity index (χ1v) is 6.45. The number of aromatic hydroxyl groups is 1. The van der Waals surface area contributed by atoms with Crippen LogP contribution in [0.15, 0.2) is 48.5 Å². The van der Waals surface area contributed by atoms with Gasteiger partial charge in [-0.3, -0.25) is 0 Å². The van der Waals surface area contributed by atoms with E-state index in [1.165, 1.54) is 0 Å². The summed E-state index contributed by atoms with van der Waals surface area (Å²) in [5.41, 5.74) is 6.55. The molecule has 2 aromatic rings. The van der Waals surface area contributed by atoms with Gasteiger partial charge >= 0.3 is 0 Å². The summed E-state index contributed by atoms with van der Waals surface area (Å²) in [6, 6.07) is 14.3. The van der Waals surface area contributed by atoms with Gasteiger partial charge in [0.15, 0.2) is 0 Å². The maximum Gasteiger partial charge on any atom is 0.119 e. The third-order valence-electron chi connectivity index (χ3n) is 2.93. The lowest BCUT2D eigenvalue weighted by molar-refractivity contribution is 0.287. The van der Waals surface area contributed by atoms with Crippen molar-refractivity contribution in [2.75, 3.05) is 13.2 Å². The summed E-state index contributed by atoms with van der Waals surface area (Å²) in [5.74, 6) is 0.938. The Kier molecular flexibility index (Phi) is 4.66. The van der Waals surface area contributed by atoms with Crippen LogP contribution in [0.5, 0.6) is 11.5 Å². The van der Waals surface area contributed by atoms with Gasteiger partial charge in [-0.15, -0.1) is 0 Å². The molecule has 1 atom stereocenters. The molecule has 1 unspecified atom stereocenters. The molecule has 100 valence electrons. The Morgan fingerprint density at radius 2 is 1.79 bits per heavy atom. The fraction of sp³-hybridized carbons (Fsp3) is 0.200. The normalized spacial score (nSPS) is 12.1. The molecule has 0 amide bonds. The summed E-state index contributed by atoms with van der Waals surface area (Å²) >= 11 is 5.81. The van der Waals surface area contributed by atoms with Crippen LogP contribution in [0.4, 0.5) is 0 Å². The topological polar surface area (TPSA) is 55.5 Å². The van der Waals surface area contributed by atoms with E-state index in [2.05, 4.69) is 0 Å². The molecule has 0 fully saturated rings. The second kappa shape index (κ2) is 6.45. The first-order chi connectivity index (χ1) is 9.20. The van der Waals surface area contributed by atoms with Crippen LogP contribution in [0.2, 0.25) is 5.02 Å². The van der Waals surface area contributed by atoms with Crippen molar-refractivity contribution in [1.82, 2.24) is 0 Å². The number of rotatable bonds is 5. The highest BCUT2D eigenvalue weighted by Crippen LogP contribution is 2.26. The first kappa shape index (κ1) is 13.7. The van der Waals surface area contributed by atoms with Gasteiger partial charge in [-0.2, -0.15) is 0 Å². The molecule has 0 aliphatic carbocycles. The molecular weight excluding hydrogens is 262 g/mol. The molecule has 0 aromatic heterocycles. The van der Waals surface area contributed by atoms with Gasteiger partial charge < -0.3 is 15.6 Å². The minimum Gasteiger partial charge on any atom is -0.508 e. The summed E-state index contributed by atoms with van der Waals surface area (Å²) in [6.07, 6.45) is 0. The van der Waals surface area contributed by atoms with Gasteiger partial charge in [-0.05, 0) is 30.3 Å². The van der Waals surface area contributed by atoms with Crippen molar-refractivity contribution in [2.45, 2.75) is 5.92 Å². The molecule has 0 aliphatic rings. The van der Waals surface area contributed by atoms with Gasteiger partial charge in [0.1, 0.15) is 11.5 Å². The minimum absolute atomic E-state index is 0.0446.